The summed E-state index contributed by atoms with van der Waals surface area (Å²) in [6.07, 6.45) is 11.4. The fourth-order valence-corrected chi connectivity index (χ4v) is 4.53. The van der Waals surface area contributed by atoms with Gasteiger partial charge in [0.05, 0.1) is 0 Å². The minimum atomic E-state index is 0.279. The van der Waals surface area contributed by atoms with Gasteiger partial charge in [0, 0.05) is 24.5 Å². The summed E-state index contributed by atoms with van der Waals surface area (Å²) in [5.74, 6) is 1.65. The summed E-state index contributed by atoms with van der Waals surface area (Å²) >= 11 is 0. The van der Waals surface area contributed by atoms with Crippen LogP contribution in [0.4, 0.5) is 0 Å². The van der Waals surface area contributed by atoms with Crippen LogP contribution in [0.5, 0.6) is 0 Å². The van der Waals surface area contributed by atoms with Gasteiger partial charge in [0.2, 0.25) is 5.91 Å². The van der Waals surface area contributed by atoms with E-state index >= 15 is 0 Å². The number of amides is 1. The second-order valence-corrected chi connectivity index (χ2v) is 8.42. The molecule has 0 aromatic rings. The van der Waals surface area contributed by atoms with Crippen molar-refractivity contribution in [2.45, 2.75) is 69.9 Å². The molecule has 4 aliphatic rings. The first kappa shape index (κ1) is 15.9. The Bertz CT molecular complexity index is 403. The van der Waals surface area contributed by atoms with Gasteiger partial charge in [-0.1, -0.05) is 0 Å². The monoisotopic (exact) mass is 319 g/mol. The molecule has 1 N–H and O–H groups in total. The molecule has 4 rings (SSSR count). The zero-order chi connectivity index (χ0) is 15.6. The third kappa shape index (κ3) is 4.08. The van der Waals surface area contributed by atoms with E-state index in [0.717, 1.165) is 37.9 Å². The van der Waals surface area contributed by atoms with Crippen molar-refractivity contribution in [3.8, 4) is 0 Å². The maximum Gasteiger partial charge on any atom is 0.223 e. The van der Waals surface area contributed by atoms with E-state index in [2.05, 4.69) is 15.1 Å². The third-order valence-electron chi connectivity index (χ3n) is 6.64. The summed E-state index contributed by atoms with van der Waals surface area (Å²) < 4.78 is 0. The van der Waals surface area contributed by atoms with Crippen molar-refractivity contribution in [3.63, 3.8) is 0 Å². The lowest BCUT2D eigenvalue weighted by molar-refractivity contribution is -0.128. The van der Waals surface area contributed by atoms with Crippen LogP contribution in [0.25, 0.3) is 0 Å². The molecule has 4 heteroatoms. The molecule has 2 aliphatic carbocycles. The lowest BCUT2D eigenvalue weighted by atomic mass is 9.89. The van der Waals surface area contributed by atoms with Gasteiger partial charge < -0.3 is 15.1 Å². The van der Waals surface area contributed by atoms with E-state index in [0.29, 0.717) is 11.9 Å². The van der Waals surface area contributed by atoms with Gasteiger partial charge in [-0.3, -0.25) is 4.79 Å². The van der Waals surface area contributed by atoms with Gasteiger partial charge in [-0.05, 0) is 89.9 Å². The zero-order valence-electron chi connectivity index (χ0n) is 14.5. The Kier molecular flexibility index (Phi) is 4.91. The molecule has 4 fully saturated rings. The molecule has 0 radical (unpaired) electrons. The van der Waals surface area contributed by atoms with E-state index in [1.54, 1.807) is 0 Å². The van der Waals surface area contributed by atoms with Crippen LogP contribution in [-0.4, -0.2) is 60.5 Å². The van der Waals surface area contributed by atoms with Crippen LogP contribution in [0.2, 0.25) is 0 Å². The van der Waals surface area contributed by atoms with Crippen LogP contribution in [0.15, 0.2) is 0 Å². The molecule has 2 saturated carbocycles. The molecule has 2 heterocycles. The molecule has 2 aliphatic heterocycles. The molecule has 2 saturated heterocycles. The van der Waals surface area contributed by atoms with E-state index in [-0.39, 0.29) is 5.92 Å². The van der Waals surface area contributed by atoms with Crippen molar-refractivity contribution in [3.05, 3.63) is 0 Å². The minimum Gasteiger partial charge on any atom is -0.353 e. The molecule has 130 valence electrons. The maximum atomic E-state index is 12.3. The quantitative estimate of drug-likeness (QED) is 0.844. The van der Waals surface area contributed by atoms with E-state index in [1.807, 2.05) is 0 Å². The summed E-state index contributed by atoms with van der Waals surface area (Å²) in [7, 11) is 0. The minimum absolute atomic E-state index is 0.279. The summed E-state index contributed by atoms with van der Waals surface area (Å²) in [5.41, 5.74) is 0. The lowest BCUT2D eigenvalue weighted by Gasteiger charge is -2.42. The Hall–Kier alpha value is -0.610. The smallest absolute Gasteiger partial charge is 0.223 e. The van der Waals surface area contributed by atoms with E-state index in [9.17, 15) is 4.79 Å². The molecule has 0 spiro atoms. The Morgan fingerprint density at radius 1 is 0.870 bits per heavy atom. The van der Waals surface area contributed by atoms with Crippen LogP contribution >= 0.6 is 0 Å². The average Bonchev–Trinajstić information content (AvgIpc) is 3.36. The normalized spacial score (nSPS) is 29.4. The SMILES string of the molecule is O=C(NC1CCC1)C1CCN(C2CCN(CC3CC3)CC2)CC1. The van der Waals surface area contributed by atoms with Crippen molar-refractivity contribution in [2.75, 3.05) is 32.7 Å². The fraction of sp³-hybridized carbons (Fsp3) is 0.947. The van der Waals surface area contributed by atoms with Gasteiger partial charge in [-0.15, -0.1) is 0 Å². The number of rotatable bonds is 5. The maximum absolute atomic E-state index is 12.3. The first-order valence-electron chi connectivity index (χ1n) is 10.0. The molecule has 0 atom stereocenters. The summed E-state index contributed by atoms with van der Waals surface area (Å²) in [6, 6.07) is 1.28. The van der Waals surface area contributed by atoms with Crippen LogP contribution in [0.1, 0.15) is 57.8 Å². The second-order valence-electron chi connectivity index (χ2n) is 8.42. The van der Waals surface area contributed by atoms with Crippen LogP contribution in [-0.2, 0) is 4.79 Å². The van der Waals surface area contributed by atoms with Crippen LogP contribution in [0.3, 0.4) is 0 Å². The number of nitrogens with one attached hydrogen (secondary N) is 1. The van der Waals surface area contributed by atoms with Gasteiger partial charge in [-0.25, -0.2) is 0 Å². The van der Waals surface area contributed by atoms with Crippen molar-refractivity contribution in [2.24, 2.45) is 11.8 Å². The van der Waals surface area contributed by atoms with Crippen molar-refractivity contribution < 1.29 is 4.79 Å². The molecule has 0 aromatic carbocycles. The number of carbonyl (C=O) groups excluding carboxylic acids is 1. The molecule has 1 amide bonds. The van der Waals surface area contributed by atoms with Crippen molar-refractivity contribution in [1.29, 1.82) is 0 Å². The first-order valence-corrected chi connectivity index (χ1v) is 10.0. The van der Waals surface area contributed by atoms with Gasteiger partial charge in [0.1, 0.15) is 0 Å². The first-order chi connectivity index (χ1) is 11.3. The fourth-order valence-electron chi connectivity index (χ4n) is 4.53. The molecule has 4 nitrogen and oxygen atoms in total. The highest BCUT2D eigenvalue weighted by molar-refractivity contribution is 5.79. The lowest BCUT2D eigenvalue weighted by Crippen LogP contribution is -2.50. The van der Waals surface area contributed by atoms with Gasteiger partial charge in [0.25, 0.3) is 0 Å². The number of carbonyl (C=O) groups is 1. The van der Waals surface area contributed by atoms with Crippen molar-refractivity contribution >= 4 is 5.91 Å². The molecule has 0 aromatic heterocycles. The van der Waals surface area contributed by atoms with Crippen LogP contribution in [0, 0.1) is 11.8 Å². The number of hydrogen-bond donors (Lipinski definition) is 1. The van der Waals surface area contributed by atoms with Gasteiger partial charge >= 0.3 is 0 Å². The Morgan fingerprint density at radius 2 is 1.57 bits per heavy atom. The molecule has 23 heavy (non-hydrogen) atoms. The second kappa shape index (κ2) is 7.10. The largest absolute Gasteiger partial charge is 0.353 e. The third-order valence-corrected chi connectivity index (χ3v) is 6.64. The predicted octanol–water partition coefficient (Wildman–Crippen LogP) is 2.24. The summed E-state index contributed by atoms with van der Waals surface area (Å²) in [6.45, 7) is 6.22. The summed E-state index contributed by atoms with van der Waals surface area (Å²) in [5, 5.41) is 3.25. The van der Waals surface area contributed by atoms with Crippen LogP contribution < -0.4 is 5.32 Å². The molecule has 0 bridgehead atoms. The molecular weight excluding hydrogens is 286 g/mol. The van der Waals surface area contributed by atoms with E-state index in [1.165, 1.54) is 64.6 Å². The zero-order valence-corrected chi connectivity index (χ0v) is 14.5. The van der Waals surface area contributed by atoms with E-state index < -0.39 is 0 Å². The number of piperidine rings is 2. The van der Waals surface area contributed by atoms with Crippen molar-refractivity contribution in [1.82, 2.24) is 15.1 Å². The Balaban J connectivity index is 1.17. The highest BCUT2D eigenvalue weighted by atomic mass is 16.2. The number of hydrogen-bond acceptors (Lipinski definition) is 3. The average molecular weight is 319 g/mol. The topological polar surface area (TPSA) is 35.6 Å². The van der Waals surface area contributed by atoms with Gasteiger partial charge in [-0.2, -0.15) is 0 Å². The van der Waals surface area contributed by atoms with E-state index in [4.69, 9.17) is 0 Å². The standard InChI is InChI=1S/C19H33N3O/c23-19(20-17-2-1-3-17)16-6-12-22(13-7-16)18-8-10-21(11-9-18)14-15-4-5-15/h15-18H,1-14H2,(H,20,23). The highest BCUT2D eigenvalue weighted by Crippen LogP contribution is 2.31. The predicted molar refractivity (Wildman–Crippen MR) is 92.3 cm³/mol. The highest BCUT2D eigenvalue weighted by Gasteiger charge is 2.33. The number of likely N-dealkylation sites (tertiary alicyclic amines) is 2. The number of nitrogens with zero attached hydrogens (tertiary/aromatic N) is 2. The Morgan fingerprint density at radius 3 is 2.13 bits per heavy atom. The molecular formula is C19H33N3O. The summed E-state index contributed by atoms with van der Waals surface area (Å²) in [4.78, 5) is 17.7. The Labute approximate surface area is 141 Å². The molecule has 0 unspecified atom stereocenters. The van der Waals surface area contributed by atoms with Gasteiger partial charge in [0.15, 0.2) is 0 Å².